The van der Waals surface area contributed by atoms with Crippen LogP contribution < -0.4 is 14.4 Å². The van der Waals surface area contributed by atoms with E-state index < -0.39 is 5.72 Å². The molecule has 2 heterocycles. The van der Waals surface area contributed by atoms with Crippen LogP contribution in [0.2, 0.25) is 0 Å². The van der Waals surface area contributed by atoms with Crippen LogP contribution in [0.3, 0.4) is 0 Å². The summed E-state index contributed by atoms with van der Waals surface area (Å²) in [4.78, 5) is 2.16. The molecule has 0 aliphatic carbocycles. The van der Waals surface area contributed by atoms with Gasteiger partial charge in [-0.05, 0) is 43.7 Å². The van der Waals surface area contributed by atoms with Crippen molar-refractivity contribution in [2.24, 2.45) is 0 Å². The fourth-order valence-electron chi connectivity index (χ4n) is 4.14. The molecule has 2 aliphatic rings. The Labute approximate surface area is 148 Å². The van der Waals surface area contributed by atoms with Crippen molar-refractivity contribution in [1.29, 1.82) is 0 Å². The first kappa shape index (κ1) is 16.0. The van der Waals surface area contributed by atoms with E-state index in [0.29, 0.717) is 6.54 Å². The Morgan fingerprint density at radius 3 is 2.68 bits per heavy atom. The zero-order valence-electron chi connectivity index (χ0n) is 14.8. The topological polar surface area (TPSA) is 41.9 Å². The molecule has 1 atom stereocenters. The Bertz CT molecular complexity index is 843. The van der Waals surface area contributed by atoms with Gasteiger partial charge in [0.05, 0.1) is 19.1 Å². The number of hydrogen-bond donors (Lipinski definition) is 1. The maximum absolute atomic E-state index is 9.69. The SMILES string of the molecule is COc1cccc2c1OC1(C=C2)N(CCO)c2ccccc2C1(C)C. The average Bonchev–Trinajstić information content (AvgIpc) is 2.81. The van der Waals surface area contributed by atoms with E-state index in [-0.39, 0.29) is 12.0 Å². The van der Waals surface area contributed by atoms with Crippen LogP contribution in [-0.4, -0.2) is 31.1 Å². The number of β-amino-alcohol motifs (C(OH)–C–C–N with tert-alkyl or cyclic N) is 1. The quantitative estimate of drug-likeness (QED) is 0.929. The van der Waals surface area contributed by atoms with Gasteiger partial charge in [0.25, 0.3) is 0 Å². The van der Waals surface area contributed by atoms with Crippen LogP contribution in [0.5, 0.6) is 11.5 Å². The third-order valence-corrected chi connectivity index (χ3v) is 5.46. The molecule has 0 fully saturated rings. The summed E-state index contributed by atoms with van der Waals surface area (Å²) in [6, 6.07) is 14.2. The van der Waals surface area contributed by atoms with Crippen LogP contribution in [0.4, 0.5) is 5.69 Å². The van der Waals surface area contributed by atoms with Gasteiger partial charge in [0.15, 0.2) is 11.5 Å². The number of fused-ring (bicyclic) bond motifs is 2. The summed E-state index contributed by atoms with van der Waals surface area (Å²) in [5.41, 5.74) is 2.31. The van der Waals surface area contributed by atoms with Gasteiger partial charge in [0, 0.05) is 17.8 Å². The summed E-state index contributed by atoms with van der Waals surface area (Å²) in [6.07, 6.45) is 4.21. The van der Waals surface area contributed by atoms with Gasteiger partial charge in [-0.15, -0.1) is 0 Å². The molecule has 0 amide bonds. The lowest BCUT2D eigenvalue weighted by Crippen LogP contribution is -2.60. The van der Waals surface area contributed by atoms with E-state index in [0.717, 1.165) is 22.7 Å². The highest BCUT2D eigenvalue weighted by molar-refractivity contribution is 5.73. The molecule has 4 heteroatoms. The number of para-hydroxylation sites is 2. The molecular weight excluding hydrogens is 314 g/mol. The number of aliphatic hydroxyl groups excluding tert-OH is 1. The molecular formula is C21H23NO3. The Balaban J connectivity index is 1.92. The lowest BCUT2D eigenvalue weighted by Gasteiger charge is -2.47. The van der Waals surface area contributed by atoms with Crippen molar-refractivity contribution in [3.8, 4) is 11.5 Å². The maximum atomic E-state index is 9.69. The van der Waals surface area contributed by atoms with E-state index >= 15 is 0 Å². The van der Waals surface area contributed by atoms with E-state index in [1.807, 2.05) is 24.3 Å². The molecule has 1 unspecified atom stereocenters. The predicted octanol–water partition coefficient (Wildman–Crippen LogP) is 3.59. The van der Waals surface area contributed by atoms with Gasteiger partial charge in [0.1, 0.15) is 0 Å². The van der Waals surface area contributed by atoms with Crippen molar-refractivity contribution in [2.45, 2.75) is 25.0 Å². The highest BCUT2D eigenvalue weighted by Gasteiger charge is 2.58. The lowest BCUT2D eigenvalue weighted by molar-refractivity contribution is 0.0477. The van der Waals surface area contributed by atoms with E-state index in [2.05, 4.69) is 49.1 Å². The number of hydrogen-bond acceptors (Lipinski definition) is 4. The molecule has 1 spiro atoms. The van der Waals surface area contributed by atoms with Crippen LogP contribution in [0.25, 0.3) is 6.08 Å². The van der Waals surface area contributed by atoms with Crippen LogP contribution in [0, 0.1) is 0 Å². The van der Waals surface area contributed by atoms with E-state index in [4.69, 9.17) is 9.47 Å². The molecule has 2 aliphatic heterocycles. The number of benzene rings is 2. The summed E-state index contributed by atoms with van der Waals surface area (Å²) in [6.45, 7) is 4.93. The number of aliphatic hydroxyl groups is 1. The third kappa shape index (κ3) is 2.04. The number of rotatable bonds is 3. The van der Waals surface area contributed by atoms with Gasteiger partial charge in [-0.3, -0.25) is 0 Å². The summed E-state index contributed by atoms with van der Waals surface area (Å²) in [7, 11) is 1.66. The van der Waals surface area contributed by atoms with Crippen molar-refractivity contribution in [2.75, 3.05) is 25.2 Å². The van der Waals surface area contributed by atoms with Gasteiger partial charge < -0.3 is 19.5 Å². The smallest absolute Gasteiger partial charge is 0.212 e. The minimum absolute atomic E-state index is 0.0577. The first-order chi connectivity index (χ1) is 12.0. The van der Waals surface area contributed by atoms with E-state index in [1.54, 1.807) is 7.11 Å². The van der Waals surface area contributed by atoms with Gasteiger partial charge in [-0.2, -0.15) is 0 Å². The molecule has 0 aromatic heterocycles. The highest BCUT2D eigenvalue weighted by atomic mass is 16.5. The summed E-state index contributed by atoms with van der Waals surface area (Å²) in [5.74, 6) is 1.47. The minimum Gasteiger partial charge on any atom is -0.493 e. The Morgan fingerprint density at radius 2 is 1.92 bits per heavy atom. The number of methoxy groups -OCH3 is 1. The van der Waals surface area contributed by atoms with E-state index in [9.17, 15) is 5.11 Å². The normalized spacial score (nSPS) is 22.5. The Hall–Kier alpha value is -2.46. The maximum Gasteiger partial charge on any atom is 0.212 e. The van der Waals surface area contributed by atoms with Crippen molar-refractivity contribution in [3.05, 3.63) is 59.7 Å². The standard InChI is InChI=1S/C21H23NO3/c1-20(2)16-8-4-5-9-17(16)22(13-14-23)21(20)12-11-15-7-6-10-18(24-3)19(15)25-21/h4-12,23H,13-14H2,1-3H3. The van der Waals surface area contributed by atoms with Gasteiger partial charge in [0.2, 0.25) is 5.72 Å². The first-order valence-electron chi connectivity index (χ1n) is 8.58. The summed E-state index contributed by atoms with van der Waals surface area (Å²) in [5, 5.41) is 9.69. The van der Waals surface area contributed by atoms with Crippen LogP contribution >= 0.6 is 0 Å². The Kier molecular flexibility index (Phi) is 3.55. The zero-order valence-corrected chi connectivity index (χ0v) is 14.8. The van der Waals surface area contributed by atoms with Crippen molar-refractivity contribution >= 4 is 11.8 Å². The molecule has 25 heavy (non-hydrogen) atoms. The first-order valence-corrected chi connectivity index (χ1v) is 8.58. The molecule has 130 valence electrons. The van der Waals surface area contributed by atoms with Gasteiger partial charge in [-0.25, -0.2) is 0 Å². The molecule has 4 rings (SSSR count). The van der Waals surface area contributed by atoms with Crippen LogP contribution in [0.15, 0.2) is 48.5 Å². The highest BCUT2D eigenvalue weighted by Crippen LogP contribution is 2.55. The average molecular weight is 337 g/mol. The number of nitrogens with zero attached hydrogens (tertiary/aromatic N) is 1. The predicted molar refractivity (Wildman–Crippen MR) is 99.3 cm³/mol. The molecule has 1 N–H and O–H groups in total. The summed E-state index contributed by atoms with van der Waals surface area (Å²) < 4.78 is 12.2. The zero-order chi connectivity index (χ0) is 17.7. The second kappa shape index (κ2) is 5.53. The minimum atomic E-state index is -0.707. The van der Waals surface area contributed by atoms with Gasteiger partial charge in [-0.1, -0.05) is 30.3 Å². The van der Waals surface area contributed by atoms with Crippen LogP contribution in [0.1, 0.15) is 25.0 Å². The number of anilines is 1. The lowest BCUT2D eigenvalue weighted by atomic mass is 9.76. The van der Waals surface area contributed by atoms with Crippen molar-refractivity contribution in [1.82, 2.24) is 0 Å². The van der Waals surface area contributed by atoms with Gasteiger partial charge >= 0.3 is 0 Å². The molecule has 0 radical (unpaired) electrons. The molecule has 0 bridgehead atoms. The number of ether oxygens (including phenoxy) is 2. The second-order valence-corrected chi connectivity index (χ2v) is 7.03. The third-order valence-electron chi connectivity index (χ3n) is 5.46. The van der Waals surface area contributed by atoms with E-state index in [1.165, 1.54) is 5.56 Å². The monoisotopic (exact) mass is 337 g/mol. The Morgan fingerprint density at radius 1 is 1.12 bits per heavy atom. The summed E-state index contributed by atoms with van der Waals surface area (Å²) >= 11 is 0. The largest absolute Gasteiger partial charge is 0.493 e. The molecule has 2 aromatic rings. The molecule has 0 saturated heterocycles. The fourth-order valence-corrected chi connectivity index (χ4v) is 4.14. The molecule has 0 saturated carbocycles. The second-order valence-electron chi connectivity index (χ2n) is 7.03. The van der Waals surface area contributed by atoms with Crippen LogP contribution in [-0.2, 0) is 5.41 Å². The van der Waals surface area contributed by atoms with Crippen molar-refractivity contribution < 1.29 is 14.6 Å². The molecule has 2 aromatic carbocycles. The fraction of sp³-hybridized carbons (Fsp3) is 0.333. The van der Waals surface area contributed by atoms with Crippen molar-refractivity contribution in [3.63, 3.8) is 0 Å². The molecule has 4 nitrogen and oxygen atoms in total.